The lowest BCUT2D eigenvalue weighted by Crippen LogP contribution is -2.41. The highest BCUT2D eigenvalue weighted by atomic mass is 32.2. The highest BCUT2D eigenvalue weighted by Crippen LogP contribution is 2.28. The Kier molecular flexibility index (Phi) is 7.18. The lowest BCUT2D eigenvalue weighted by Gasteiger charge is -2.26. The first-order valence-electron chi connectivity index (χ1n) is 9.14. The van der Waals surface area contributed by atoms with Gasteiger partial charge in [-0.3, -0.25) is 9.10 Å². The van der Waals surface area contributed by atoms with Crippen molar-refractivity contribution in [3.8, 4) is 0 Å². The van der Waals surface area contributed by atoms with Gasteiger partial charge in [-0.25, -0.2) is 12.8 Å². The number of nitrogens with one attached hydrogen (secondary N) is 1. The molecule has 0 aliphatic carbocycles. The van der Waals surface area contributed by atoms with Crippen LogP contribution in [-0.4, -0.2) is 33.7 Å². The maximum Gasteiger partial charge on any atom is 0.240 e. The van der Waals surface area contributed by atoms with Crippen LogP contribution in [0.4, 0.5) is 10.1 Å². The van der Waals surface area contributed by atoms with Crippen LogP contribution in [0.25, 0.3) is 0 Å². The van der Waals surface area contributed by atoms with E-state index < -0.39 is 10.0 Å². The molecule has 1 N–H and O–H groups in total. The molecule has 0 atom stereocenters. The van der Waals surface area contributed by atoms with Crippen LogP contribution in [0.15, 0.2) is 36.4 Å². The summed E-state index contributed by atoms with van der Waals surface area (Å²) in [5.74, 6) is -0.636. The molecule has 0 heterocycles. The third-order valence-electron chi connectivity index (χ3n) is 4.45. The SMILES string of the molecule is Cc1cc(C)c(N(CC(=O)NCCCc2ccc(F)cc2)S(C)(=O)=O)c(C)c1. The highest BCUT2D eigenvalue weighted by Gasteiger charge is 2.24. The molecule has 0 fully saturated rings. The largest absolute Gasteiger partial charge is 0.355 e. The maximum atomic E-state index is 12.9. The highest BCUT2D eigenvalue weighted by molar-refractivity contribution is 7.92. The number of carbonyl (C=O) groups is 1. The summed E-state index contributed by atoms with van der Waals surface area (Å²) in [6.07, 6.45) is 2.49. The van der Waals surface area contributed by atoms with Gasteiger partial charge in [0, 0.05) is 6.54 Å². The molecule has 2 aromatic carbocycles. The Morgan fingerprint density at radius 2 is 1.64 bits per heavy atom. The van der Waals surface area contributed by atoms with Gasteiger partial charge in [0.2, 0.25) is 15.9 Å². The van der Waals surface area contributed by atoms with Gasteiger partial charge in [0.25, 0.3) is 0 Å². The Labute approximate surface area is 166 Å². The smallest absolute Gasteiger partial charge is 0.240 e. The molecule has 7 heteroatoms. The summed E-state index contributed by atoms with van der Waals surface area (Å²) >= 11 is 0. The number of hydrogen-bond donors (Lipinski definition) is 1. The van der Waals surface area contributed by atoms with E-state index >= 15 is 0 Å². The standard InChI is InChI=1S/C21H27FN2O3S/c1-15-12-16(2)21(17(3)13-15)24(28(4,26)27)14-20(25)23-11-5-6-18-7-9-19(22)10-8-18/h7-10,12-13H,5-6,11,14H2,1-4H3,(H,23,25). The second kappa shape index (κ2) is 9.19. The number of sulfonamides is 1. The molecule has 0 aromatic heterocycles. The fourth-order valence-electron chi connectivity index (χ4n) is 3.29. The number of carbonyl (C=O) groups excluding carboxylic acids is 1. The fourth-order valence-corrected chi connectivity index (χ4v) is 4.26. The lowest BCUT2D eigenvalue weighted by atomic mass is 10.1. The number of rotatable bonds is 8. The van der Waals surface area contributed by atoms with E-state index in [1.165, 1.54) is 12.1 Å². The molecule has 0 saturated heterocycles. The van der Waals surface area contributed by atoms with Gasteiger partial charge in [-0.05, 0) is 62.4 Å². The zero-order valence-electron chi connectivity index (χ0n) is 16.8. The van der Waals surface area contributed by atoms with Gasteiger partial charge in [0.15, 0.2) is 0 Å². The van der Waals surface area contributed by atoms with Crippen LogP contribution < -0.4 is 9.62 Å². The number of benzene rings is 2. The predicted octanol–water partition coefficient (Wildman–Crippen LogP) is 3.27. The molecule has 1 amide bonds. The van der Waals surface area contributed by atoms with Crippen molar-refractivity contribution in [2.24, 2.45) is 0 Å². The molecule has 152 valence electrons. The Morgan fingerprint density at radius 3 is 2.18 bits per heavy atom. The van der Waals surface area contributed by atoms with Gasteiger partial charge >= 0.3 is 0 Å². The first kappa shape index (κ1) is 21.9. The molecule has 2 aromatic rings. The van der Waals surface area contributed by atoms with E-state index in [2.05, 4.69) is 5.32 Å². The van der Waals surface area contributed by atoms with Crippen molar-refractivity contribution < 1.29 is 17.6 Å². The quantitative estimate of drug-likeness (QED) is 0.684. The summed E-state index contributed by atoms with van der Waals surface area (Å²) in [6, 6.07) is 10.0. The predicted molar refractivity (Wildman–Crippen MR) is 111 cm³/mol. The minimum absolute atomic E-state index is 0.264. The van der Waals surface area contributed by atoms with E-state index in [1.54, 1.807) is 12.1 Å². The second-order valence-corrected chi connectivity index (χ2v) is 9.00. The zero-order chi connectivity index (χ0) is 20.9. The Morgan fingerprint density at radius 1 is 1.07 bits per heavy atom. The molecule has 0 radical (unpaired) electrons. The first-order chi connectivity index (χ1) is 13.1. The summed E-state index contributed by atoms with van der Waals surface area (Å²) in [7, 11) is -3.61. The Bertz CT molecular complexity index is 918. The Hall–Kier alpha value is -2.41. The van der Waals surface area contributed by atoms with Gasteiger partial charge in [-0.15, -0.1) is 0 Å². The summed E-state index contributed by atoms with van der Waals surface area (Å²) < 4.78 is 38.7. The van der Waals surface area contributed by atoms with Crippen LogP contribution in [0.5, 0.6) is 0 Å². The lowest BCUT2D eigenvalue weighted by molar-refractivity contribution is -0.119. The monoisotopic (exact) mass is 406 g/mol. The van der Waals surface area contributed by atoms with Crippen LogP contribution in [0.3, 0.4) is 0 Å². The summed E-state index contributed by atoms with van der Waals surface area (Å²) in [5.41, 5.74) is 4.20. The van der Waals surface area contributed by atoms with Gasteiger partial charge in [0.1, 0.15) is 12.4 Å². The second-order valence-electron chi connectivity index (χ2n) is 7.10. The van der Waals surface area contributed by atoms with Crippen molar-refractivity contribution in [3.05, 3.63) is 64.5 Å². The normalized spacial score (nSPS) is 11.3. The van der Waals surface area contributed by atoms with E-state index in [-0.39, 0.29) is 18.3 Å². The van der Waals surface area contributed by atoms with Gasteiger partial charge < -0.3 is 5.32 Å². The molecule has 0 bridgehead atoms. The first-order valence-corrected chi connectivity index (χ1v) is 11.0. The van der Waals surface area contributed by atoms with Gasteiger partial charge in [-0.1, -0.05) is 29.8 Å². The molecule has 0 aliphatic rings. The van der Waals surface area contributed by atoms with Crippen molar-refractivity contribution in [2.75, 3.05) is 23.7 Å². The van der Waals surface area contributed by atoms with Crippen molar-refractivity contribution in [2.45, 2.75) is 33.6 Å². The average molecular weight is 407 g/mol. The molecule has 2 rings (SSSR count). The van der Waals surface area contributed by atoms with E-state index in [1.807, 2.05) is 32.9 Å². The van der Waals surface area contributed by atoms with E-state index in [4.69, 9.17) is 0 Å². The number of aryl methyl sites for hydroxylation is 4. The van der Waals surface area contributed by atoms with Crippen LogP contribution in [0, 0.1) is 26.6 Å². The zero-order valence-corrected chi connectivity index (χ0v) is 17.6. The van der Waals surface area contributed by atoms with E-state index in [0.717, 1.165) is 32.8 Å². The number of hydrogen-bond acceptors (Lipinski definition) is 3. The van der Waals surface area contributed by atoms with Crippen molar-refractivity contribution in [1.82, 2.24) is 5.32 Å². The summed E-state index contributed by atoms with van der Waals surface area (Å²) in [5, 5.41) is 2.77. The average Bonchev–Trinajstić information content (AvgIpc) is 2.57. The van der Waals surface area contributed by atoms with Gasteiger partial charge in [-0.2, -0.15) is 0 Å². The molecule has 28 heavy (non-hydrogen) atoms. The molecule has 0 unspecified atom stereocenters. The van der Waals surface area contributed by atoms with E-state index in [0.29, 0.717) is 25.1 Å². The van der Waals surface area contributed by atoms with Crippen LogP contribution in [0.2, 0.25) is 0 Å². The van der Waals surface area contributed by atoms with Crippen LogP contribution in [-0.2, 0) is 21.2 Å². The summed E-state index contributed by atoms with van der Waals surface area (Å²) in [6.45, 7) is 5.78. The topological polar surface area (TPSA) is 66.5 Å². The molecule has 0 spiro atoms. The minimum Gasteiger partial charge on any atom is -0.355 e. The van der Waals surface area contributed by atoms with Crippen molar-refractivity contribution >= 4 is 21.6 Å². The molecule has 5 nitrogen and oxygen atoms in total. The van der Waals surface area contributed by atoms with Crippen LogP contribution in [0.1, 0.15) is 28.7 Å². The Balaban J connectivity index is 1.99. The third-order valence-corrected chi connectivity index (χ3v) is 5.56. The van der Waals surface area contributed by atoms with Crippen molar-refractivity contribution in [1.29, 1.82) is 0 Å². The fraction of sp³-hybridized carbons (Fsp3) is 0.381. The number of halogens is 1. The third kappa shape index (κ3) is 6.05. The van der Waals surface area contributed by atoms with E-state index in [9.17, 15) is 17.6 Å². The van der Waals surface area contributed by atoms with Crippen molar-refractivity contribution in [3.63, 3.8) is 0 Å². The van der Waals surface area contributed by atoms with Crippen LogP contribution >= 0.6 is 0 Å². The number of anilines is 1. The molecule has 0 aliphatic heterocycles. The molecular weight excluding hydrogens is 379 g/mol. The maximum absolute atomic E-state index is 12.9. The number of nitrogens with zero attached hydrogens (tertiary/aromatic N) is 1. The molecular formula is C21H27FN2O3S. The number of amides is 1. The minimum atomic E-state index is -3.61. The summed E-state index contributed by atoms with van der Waals surface area (Å²) in [4.78, 5) is 12.4. The van der Waals surface area contributed by atoms with Gasteiger partial charge in [0.05, 0.1) is 11.9 Å². The molecule has 0 saturated carbocycles.